The topological polar surface area (TPSA) is 89.9 Å². The van der Waals surface area contributed by atoms with Gasteiger partial charge in [-0.2, -0.15) is 35.7 Å². The first-order valence-corrected chi connectivity index (χ1v) is 37.2. The molecule has 0 aliphatic rings. The number of hydrogen-bond donors (Lipinski definition) is 1. The van der Waals surface area contributed by atoms with E-state index in [1.165, 1.54) is 61.2 Å². The maximum atomic E-state index is 12.0. The van der Waals surface area contributed by atoms with E-state index in [0.717, 1.165) is 41.0 Å². The first-order valence-electron chi connectivity index (χ1n) is 24.7. The molecule has 81 heavy (non-hydrogen) atoms. The van der Waals surface area contributed by atoms with Crippen LogP contribution in [-0.4, -0.2) is 37.2 Å². The second kappa shape index (κ2) is 31.8. The van der Waals surface area contributed by atoms with E-state index in [1.807, 2.05) is 88.4 Å². The van der Waals surface area contributed by atoms with Gasteiger partial charge in [0.2, 0.25) is 0 Å². The Morgan fingerprint density at radius 1 is 0.506 bits per heavy atom. The first-order chi connectivity index (χ1) is 37.7. The van der Waals surface area contributed by atoms with Gasteiger partial charge in [-0.1, -0.05) is 128 Å². The van der Waals surface area contributed by atoms with E-state index < -0.39 is 22.2 Å². The van der Waals surface area contributed by atoms with E-state index in [9.17, 15) is 19.5 Å². The van der Waals surface area contributed by atoms with Gasteiger partial charge in [0.25, 0.3) is 0 Å². The monoisotopic (exact) mass is 1440 g/mol. The number of halogens is 8. The number of esters is 2. The molecule has 0 atom stereocenters. The fourth-order valence-electron chi connectivity index (χ4n) is 8.39. The van der Waals surface area contributed by atoms with Crippen molar-refractivity contribution in [2.75, 3.05) is 14.2 Å². The summed E-state index contributed by atoms with van der Waals surface area (Å²) in [7, 11) is 2.87. The SMILES string of the molecule is C.CC(C)(Cc1cc2c(Cc3c(Cl)cccc3Cl)cccc2s1)C(=O)O.COC(=O)C(C)(C)Cc1cc2c(Br)cccc2s1.COC(=O)C(C)(C)Cc1cc2c(Cc3c(Cl)cccc3Cl)cccc2s1.[CH2-]c1c(Cl)cccc1Cl.[Zn+][Br]. The molecule has 6 aromatic carbocycles. The summed E-state index contributed by atoms with van der Waals surface area (Å²) < 4.78 is 14.4. The van der Waals surface area contributed by atoms with Crippen LogP contribution < -0.4 is 0 Å². The molecule has 0 bridgehead atoms. The summed E-state index contributed by atoms with van der Waals surface area (Å²) in [6.45, 7) is 14.8. The Hall–Kier alpha value is -3.20. The molecule has 0 saturated heterocycles. The van der Waals surface area contributed by atoms with Crippen LogP contribution in [0, 0.1) is 23.2 Å². The molecule has 0 saturated carbocycles. The van der Waals surface area contributed by atoms with Gasteiger partial charge in [-0.15, -0.1) is 46.1 Å². The standard InChI is InChI=1S/C21H20Cl2O2S.C20H18Cl2O2S.C14H15BrO2S.C7H5Cl2.CH4.BrH.Zn/c1-21(2,20(24)25-3)12-14-11-15-13(6-4-9-19(15)26-14)10-16-17(22)7-5-8-18(16)23;1-20(2,19(23)24)11-13-10-14-12(5-3-8-18(14)25-13)9-15-16(21)6-4-7-17(15)22;1-14(2,13(16)17-3)8-9-7-10-11(15)5-4-6-12(10)18-9;1-5-6(8)3-2-4-7(5)9;;;/h4-9,11H,10,12H2,1-3H3;3-8,10H,9,11H2,1-2H3,(H,23,24);4-7H,8H2,1-3H3;2-4H,1H2;1H4;1H;/q;;;-1;;;+2/p-1. The van der Waals surface area contributed by atoms with Gasteiger partial charge in [0, 0.05) is 71.5 Å². The van der Waals surface area contributed by atoms with Crippen LogP contribution in [0.1, 0.15) is 91.4 Å². The van der Waals surface area contributed by atoms with E-state index in [4.69, 9.17) is 79.1 Å². The third kappa shape index (κ3) is 19.2. The molecule has 0 radical (unpaired) electrons. The zero-order valence-electron chi connectivity index (χ0n) is 45.3. The zero-order chi connectivity index (χ0) is 59.3. The van der Waals surface area contributed by atoms with E-state index in [2.05, 4.69) is 85.0 Å². The number of carboxylic acid groups (broad SMARTS) is 1. The molecule has 0 fully saturated rings. The zero-order valence-corrected chi connectivity index (χ0v) is 58.4. The van der Waals surface area contributed by atoms with Crippen molar-refractivity contribution in [3.63, 3.8) is 0 Å². The molecule has 1 N–H and O–H groups in total. The number of aliphatic carboxylic acids is 1. The fourth-order valence-corrected chi connectivity index (χ4v) is 14.5. The predicted octanol–water partition coefficient (Wildman–Crippen LogP) is 22.1. The van der Waals surface area contributed by atoms with Crippen LogP contribution in [0.25, 0.3) is 30.3 Å². The summed E-state index contributed by atoms with van der Waals surface area (Å²) in [5, 5.41) is 16.8. The third-order valence-electron chi connectivity index (χ3n) is 12.8. The van der Waals surface area contributed by atoms with E-state index in [0.29, 0.717) is 67.8 Å². The van der Waals surface area contributed by atoms with Crippen LogP contribution in [0.5, 0.6) is 0 Å². The molecule has 9 aromatic rings. The number of hydrogen-bond acceptors (Lipinski definition) is 8. The van der Waals surface area contributed by atoms with E-state index in [1.54, 1.807) is 66.1 Å². The van der Waals surface area contributed by atoms with Crippen LogP contribution in [0.3, 0.4) is 0 Å². The number of fused-ring (bicyclic) bond motifs is 3. The van der Waals surface area contributed by atoms with Gasteiger partial charge in [-0.05, 0) is 161 Å². The van der Waals surface area contributed by atoms with Crippen LogP contribution in [0.15, 0.2) is 132 Å². The van der Waals surface area contributed by atoms with Gasteiger partial charge in [0.05, 0.1) is 30.5 Å². The van der Waals surface area contributed by atoms with Crippen molar-refractivity contribution in [3.05, 3.63) is 211 Å². The molecule has 9 rings (SSSR count). The van der Waals surface area contributed by atoms with Gasteiger partial charge in [0.15, 0.2) is 0 Å². The van der Waals surface area contributed by atoms with Crippen LogP contribution in [0.4, 0.5) is 0 Å². The number of rotatable bonds is 13. The summed E-state index contributed by atoms with van der Waals surface area (Å²) in [4.78, 5) is 38.5. The molecule has 3 aromatic heterocycles. The Morgan fingerprint density at radius 3 is 1.12 bits per heavy atom. The normalized spacial score (nSPS) is 11.2. The quantitative estimate of drug-likeness (QED) is 0.0703. The number of carboxylic acids is 1. The van der Waals surface area contributed by atoms with Gasteiger partial charge in [-0.25, -0.2) is 0 Å². The first kappa shape index (κ1) is 70.3. The minimum atomic E-state index is -0.785. The van der Waals surface area contributed by atoms with Crippen molar-refractivity contribution in [3.8, 4) is 0 Å². The second-order valence-electron chi connectivity index (χ2n) is 20.4. The summed E-state index contributed by atoms with van der Waals surface area (Å²) in [6.07, 6.45) is 3.17. The minimum absolute atomic E-state index is 0. The predicted molar refractivity (Wildman–Crippen MR) is 352 cm³/mol. The molecule has 3 heterocycles. The van der Waals surface area contributed by atoms with E-state index >= 15 is 0 Å². The van der Waals surface area contributed by atoms with Crippen molar-refractivity contribution >= 4 is 181 Å². The Balaban J connectivity index is 0.000000240. The average molecular weight is 1450 g/mol. The van der Waals surface area contributed by atoms with Crippen molar-refractivity contribution < 1.29 is 45.3 Å². The Labute approximate surface area is 543 Å². The summed E-state index contributed by atoms with van der Waals surface area (Å²) in [6, 6.07) is 41.4. The van der Waals surface area contributed by atoms with Gasteiger partial charge < -0.3 is 14.6 Å². The van der Waals surface area contributed by atoms with Crippen molar-refractivity contribution in [1.82, 2.24) is 0 Å². The molecule has 0 spiro atoms. The summed E-state index contributed by atoms with van der Waals surface area (Å²) in [5.74, 6) is -1.15. The molecule has 0 aliphatic heterocycles. The second-order valence-corrected chi connectivity index (χ2v) is 27.2. The van der Waals surface area contributed by atoms with Gasteiger partial charge in [-0.3, -0.25) is 14.4 Å². The number of carbonyl (C=O) groups is 3. The Kier molecular flexibility index (Phi) is 27.6. The third-order valence-corrected chi connectivity index (χ3v) is 18.9. The van der Waals surface area contributed by atoms with Gasteiger partial charge >= 0.3 is 47.9 Å². The Bertz CT molecular complexity index is 3550. The maximum absolute atomic E-state index is 12.0. The molecule has 0 amide bonds. The molecular weight excluding hydrogens is 1390 g/mol. The average Bonchev–Trinajstić information content (AvgIpc) is 4.17. The van der Waals surface area contributed by atoms with Crippen LogP contribution in [-0.2, 0) is 72.3 Å². The molecule has 0 unspecified atom stereocenters. The molecule has 6 nitrogen and oxygen atoms in total. The number of thiophene rings is 3. The number of carbonyl (C=O) groups excluding carboxylic acids is 2. The van der Waals surface area contributed by atoms with Crippen molar-refractivity contribution in [2.45, 2.75) is 81.1 Å². The van der Waals surface area contributed by atoms with Crippen molar-refractivity contribution in [2.24, 2.45) is 16.2 Å². The Morgan fingerprint density at radius 2 is 0.802 bits per heavy atom. The van der Waals surface area contributed by atoms with E-state index in [-0.39, 0.29) is 19.4 Å². The summed E-state index contributed by atoms with van der Waals surface area (Å²) in [5.41, 5.74) is 3.04. The van der Waals surface area contributed by atoms with Gasteiger partial charge in [0.1, 0.15) is 0 Å². The molecule has 0 aliphatic carbocycles. The van der Waals surface area contributed by atoms with Crippen LogP contribution >= 0.6 is 133 Å². The number of benzene rings is 6. The molecule has 426 valence electrons. The summed E-state index contributed by atoms with van der Waals surface area (Å²) >= 11 is 49.5. The van der Waals surface area contributed by atoms with Crippen molar-refractivity contribution in [1.29, 1.82) is 0 Å². The number of methoxy groups -OCH3 is 2. The van der Waals surface area contributed by atoms with Crippen LogP contribution in [0.2, 0.25) is 30.1 Å². The fraction of sp³-hybridized carbons (Fsp3) is 0.270. The molecular formula is C63H62Br2Cl6O6S3Zn. The molecule has 18 heteroatoms. The number of ether oxygens (including phenoxy) is 2.